The molecule has 86 valence electrons. The number of rotatable bonds is 3. The van der Waals surface area contributed by atoms with Crippen molar-refractivity contribution in [3.05, 3.63) is 0 Å². The fraction of sp³-hybridized carbons (Fsp3) is 0.909. The molecule has 2 aliphatic rings. The summed E-state index contributed by atoms with van der Waals surface area (Å²) in [5.41, 5.74) is 0. The zero-order valence-corrected chi connectivity index (χ0v) is 9.62. The molecule has 1 heterocycles. The van der Waals surface area contributed by atoms with E-state index in [0.29, 0.717) is 6.04 Å². The van der Waals surface area contributed by atoms with Crippen LogP contribution in [0.25, 0.3) is 0 Å². The van der Waals surface area contributed by atoms with Gasteiger partial charge in [-0.3, -0.25) is 9.69 Å². The third-order valence-electron chi connectivity index (χ3n) is 3.66. The molecule has 2 unspecified atom stereocenters. The predicted molar refractivity (Wildman–Crippen MR) is 59.6 cm³/mol. The molecule has 2 atom stereocenters. The van der Waals surface area contributed by atoms with Gasteiger partial charge in [-0.1, -0.05) is 0 Å². The third kappa shape index (κ3) is 2.32. The Balaban J connectivity index is 2.01. The molecule has 0 spiro atoms. The maximum Gasteiger partial charge on any atom is 0.238 e. The fourth-order valence-electron chi connectivity index (χ4n) is 2.47. The van der Waals surface area contributed by atoms with Crippen molar-refractivity contribution >= 4 is 5.91 Å². The minimum atomic E-state index is 0.0272. The van der Waals surface area contributed by atoms with Crippen LogP contribution in [0.3, 0.4) is 0 Å². The van der Waals surface area contributed by atoms with Crippen LogP contribution in [0.15, 0.2) is 0 Å². The Morgan fingerprint density at radius 3 is 2.87 bits per heavy atom. The first-order valence-electron chi connectivity index (χ1n) is 5.92. The Morgan fingerprint density at radius 1 is 1.53 bits per heavy atom. The molecule has 0 aromatic heterocycles. The highest BCUT2D eigenvalue weighted by molar-refractivity contribution is 5.81. The number of amides is 1. The van der Waals surface area contributed by atoms with Crippen LogP contribution in [0.2, 0.25) is 0 Å². The van der Waals surface area contributed by atoms with Crippen molar-refractivity contribution in [2.24, 2.45) is 5.92 Å². The van der Waals surface area contributed by atoms with Gasteiger partial charge in [0.25, 0.3) is 0 Å². The van der Waals surface area contributed by atoms with Crippen molar-refractivity contribution in [1.29, 1.82) is 0 Å². The van der Waals surface area contributed by atoms with Crippen molar-refractivity contribution in [3.63, 3.8) is 0 Å². The number of hydrogen-bond donors (Lipinski definition) is 2. The second-order valence-corrected chi connectivity index (χ2v) is 4.65. The van der Waals surface area contributed by atoms with Crippen LogP contribution in [-0.2, 0) is 4.79 Å². The van der Waals surface area contributed by atoms with Gasteiger partial charge in [0.15, 0.2) is 0 Å². The summed E-state index contributed by atoms with van der Waals surface area (Å²) in [6.07, 6.45) is 2.68. The van der Waals surface area contributed by atoms with Crippen LogP contribution >= 0.6 is 0 Å². The molecule has 0 radical (unpaired) electrons. The van der Waals surface area contributed by atoms with Crippen molar-refractivity contribution < 1.29 is 4.79 Å². The minimum Gasteiger partial charge on any atom is -0.358 e. The summed E-state index contributed by atoms with van der Waals surface area (Å²) in [5.74, 6) is 0.977. The van der Waals surface area contributed by atoms with Crippen LogP contribution in [0.5, 0.6) is 0 Å². The van der Waals surface area contributed by atoms with Gasteiger partial charge in [-0.15, -0.1) is 0 Å². The second kappa shape index (κ2) is 4.49. The zero-order chi connectivity index (χ0) is 10.8. The van der Waals surface area contributed by atoms with Crippen LogP contribution in [0.1, 0.15) is 19.8 Å². The number of nitrogens with one attached hydrogen (secondary N) is 2. The Hall–Kier alpha value is -0.610. The number of carbonyl (C=O) groups excluding carboxylic acids is 1. The summed E-state index contributed by atoms with van der Waals surface area (Å²) in [4.78, 5) is 14.1. The lowest BCUT2D eigenvalue weighted by molar-refractivity contribution is -0.127. The number of nitrogens with zero attached hydrogens (tertiary/aromatic N) is 1. The molecule has 0 aromatic carbocycles. The predicted octanol–water partition coefficient (Wildman–Crippen LogP) is -0.195. The summed E-state index contributed by atoms with van der Waals surface area (Å²) in [7, 11) is 1.72. The molecule has 1 aliphatic heterocycles. The van der Waals surface area contributed by atoms with E-state index in [1.54, 1.807) is 7.05 Å². The molecule has 2 rings (SSSR count). The van der Waals surface area contributed by atoms with Gasteiger partial charge in [0.05, 0.1) is 0 Å². The second-order valence-electron chi connectivity index (χ2n) is 4.65. The van der Waals surface area contributed by atoms with E-state index in [2.05, 4.69) is 22.5 Å². The van der Waals surface area contributed by atoms with Gasteiger partial charge in [0.2, 0.25) is 5.91 Å². The maximum absolute atomic E-state index is 11.7. The van der Waals surface area contributed by atoms with Crippen molar-refractivity contribution in [3.8, 4) is 0 Å². The maximum atomic E-state index is 11.7. The van der Waals surface area contributed by atoms with Crippen LogP contribution < -0.4 is 10.6 Å². The third-order valence-corrected chi connectivity index (χ3v) is 3.66. The van der Waals surface area contributed by atoms with E-state index >= 15 is 0 Å². The first kappa shape index (κ1) is 10.9. The molecule has 15 heavy (non-hydrogen) atoms. The molecule has 1 amide bonds. The lowest BCUT2D eigenvalue weighted by Gasteiger charge is -2.39. The molecule has 2 fully saturated rings. The van der Waals surface area contributed by atoms with E-state index in [9.17, 15) is 4.79 Å². The highest BCUT2D eigenvalue weighted by Crippen LogP contribution is 2.35. The Kier molecular flexibility index (Phi) is 3.26. The van der Waals surface area contributed by atoms with Gasteiger partial charge >= 0.3 is 0 Å². The molecule has 1 saturated carbocycles. The molecule has 4 nitrogen and oxygen atoms in total. The molecule has 4 heteroatoms. The van der Waals surface area contributed by atoms with Crippen molar-refractivity contribution in [2.45, 2.75) is 31.8 Å². The van der Waals surface area contributed by atoms with Gasteiger partial charge in [-0.2, -0.15) is 0 Å². The molecule has 0 aromatic rings. The summed E-state index contributed by atoms with van der Waals surface area (Å²) in [6, 6.07) is 0.591. The van der Waals surface area contributed by atoms with E-state index < -0.39 is 0 Å². The molecule has 0 bridgehead atoms. The van der Waals surface area contributed by atoms with E-state index in [1.807, 2.05) is 0 Å². The van der Waals surface area contributed by atoms with E-state index in [1.165, 1.54) is 12.8 Å². The van der Waals surface area contributed by atoms with Gasteiger partial charge < -0.3 is 10.6 Å². The molecule has 1 saturated heterocycles. The monoisotopic (exact) mass is 211 g/mol. The van der Waals surface area contributed by atoms with Gasteiger partial charge in [-0.25, -0.2) is 0 Å². The molecular formula is C11H21N3O. The van der Waals surface area contributed by atoms with E-state index in [-0.39, 0.29) is 11.9 Å². The Labute approximate surface area is 91.4 Å². The Morgan fingerprint density at radius 2 is 2.27 bits per heavy atom. The van der Waals surface area contributed by atoms with E-state index in [0.717, 1.165) is 25.6 Å². The van der Waals surface area contributed by atoms with Gasteiger partial charge in [-0.05, 0) is 25.7 Å². The first-order chi connectivity index (χ1) is 7.24. The van der Waals surface area contributed by atoms with E-state index in [4.69, 9.17) is 0 Å². The fourth-order valence-corrected chi connectivity index (χ4v) is 2.47. The lowest BCUT2D eigenvalue weighted by atomic mass is 10.1. The number of carbonyl (C=O) groups is 1. The summed E-state index contributed by atoms with van der Waals surface area (Å²) < 4.78 is 0. The lowest BCUT2D eigenvalue weighted by Crippen LogP contribution is -2.60. The largest absolute Gasteiger partial charge is 0.358 e. The smallest absolute Gasteiger partial charge is 0.238 e. The number of likely N-dealkylation sites (N-methyl/N-ethyl adjacent to an activating group) is 1. The topological polar surface area (TPSA) is 44.4 Å². The summed E-state index contributed by atoms with van der Waals surface area (Å²) in [6.45, 7) is 5.05. The quantitative estimate of drug-likeness (QED) is 0.680. The first-order valence-corrected chi connectivity index (χ1v) is 5.92. The zero-order valence-electron chi connectivity index (χ0n) is 9.62. The van der Waals surface area contributed by atoms with Crippen LogP contribution in [0, 0.1) is 5.92 Å². The average molecular weight is 211 g/mol. The van der Waals surface area contributed by atoms with Gasteiger partial charge in [0, 0.05) is 32.7 Å². The summed E-state index contributed by atoms with van der Waals surface area (Å²) >= 11 is 0. The highest BCUT2D eigenvalue weighted by Gasteiger charge is 2.38. The molecule has 2 N–H and O–H groups in total. The van der Waals surface area contributed by atoms with Crippen molar-refractivity contribution in [2.75, 3.05) is 26.7 Å². The van der Waals surface area contributed by atoms with Crippen LogP contribution in [0.4, 0.5) is 0 Å². The average Bonchev–Trinajstić information content (AvgIpc) is 3.11. The Bertz CT molecular complexity index is 240. The van der Waals surface area contributed by atoms with Crippen LogP contribution in [-0.4, -0.2) is 49.6 Å². The number of hydrogen-bond acceptors (Lipinski definition) is 3. The molecular weight excluding hydrogens is 190 g/mol. The number of piperazine rings is 1. The SMILES string of the molecule is CNC(=O)C1CNCCN1C(C)C1CC1. The standard InChI is InChI=1S/C11H21N3O/c1-8(9-3-4-9)14-6-5-13-7-10(14)11(15)12-2/h8-10,13H,3-7H2,1-2H3,(H,12,15). The van der Waals surface area contributed by atoms with Gasteiger partial charge in [0.1, 0.15) is 6.04 Å². The molecule has 1 aliphatic carbocycles. The normalized spacial score (nSPS) is 29.9. The minimum absolute atomic E-state index is 0.0272. The van der Waals surface area contributed by atoms with Crippen molar-refractivity contribution in [1.82, 2.24) is 15.5 Å². The highest BCUT2D eigenvalue weighted by atomic mass is 16.2. The summed E-state index contributed by atoms with van der Waals surface area (Å²) in [5, 5.41) is 6.05.